The maximum atomic E-state index is 13.7. The second kappa shape index (κ2) is 5.13. The number of benzene rings is 2. The average molecular weight is 294 g/mol. The van der Waals surface area contributed by atoms with E-state index >= 15 is 0 Å². The fourth-order valence-electron chi connectivity index (χ4n) is 1.78. The summed E-state index contributed by atoms with van der Waals surface area (Å²) in [6.45, 7) is 3.62. The van der Waals surface area contributed by atoms with Gasteiger partial charge in [0.15, 0.2) is 0 Å². The topological polar surface area (TPSA) is 72.2 Å². The molecule has 0 unspecified atom stereocenters. The largest absolute Gasteiger partial charge is 0.399 e. The highest BCUT2D eigenvalue weighted by Crippen LogP contribution is 2.23. The van der Waals surface area contributed by atoms with Crippen molar-refractivity contribution in [1.82, 2.24) is 0 Å². The third kappa shape index (κ3) is 2.91. The van der Waals surface area contributed by atoms with Gasteiger partial charge in [-0.2, -0.15) is 0 Å². The molecule has 0 saturated carbocycles. The number of sulfonamides is 1. The second-order valence-corrected chi connectivity index (χ2v) is 6.26. The molecule has 20 heavy (non-hydrogen) atoms. The van der Waals surface area contributed by atoms with E-state index in [1.165, 1.54) is 6.07 Å². The molecule has 0 saturated heterocycles. The molecule has 0 amide bonds. The Morgan fingerprint density at radius 3 is 2.45 bits per heavy atom. The second-order valence-electron chi connectivity index (χ2n) is 4.61. The van der Waals surface area contributed by atoms with Gasteiger partial charge in [-0.25, -0.2) is 12.8 Å². The molecule has 4 nitrogen and oxygen atoms in total. The number of nitrogen functional groups attached to an aromatic ring is 1. The van der Waals surface area contributed by atoms with Gasteiger partial charge in [0.25, 0.3) is 10.0 Å². The molecule has 0 aliphatic rings. The Bertz CT molecular complexity index is 758. The maximum Gasteiger partial charge on any atom is 0.264 e. The van der Waals surface area contributed by atoms with Gasteiger partial charge in [0, 0.05) is 5.69 Å². The van der Waals surface area contributed by atoms with Crippen molar-refractivity contribution in [2.45, 2.75) is 18.7 Å². The molecule has 2 aromatic carbocycles. The Hall–Kier alpha value is -2.08. The summed E-state index contributed by atoms with van der Waals surface area (Å²) in [5.74, 6) is -0.872. The van der Waals surface area contributed by atoms with Crippen LogP contribution >= 0.6 is 0 Å². The predicted molar refractivity (Wildman–Crippen MR) is 77.5 cm³/mol. The molecule has 0 spiro atoms. The van der Waals surface area contributed by atoms with Crippen LogP contribution in [0.4, 0.5) is 15.8 Å². The van der Waals surface area contributed by atoms with Gasteiger partial charge in [-0.3, -0.25) is 4.72 Å². The Morgan fingerprint density at radius 1 is 1.10 bits per heavy atom. The van der Waals surface area contributed by atoms with Crippen LogP contribution in [0.2, 0.25) is 0 Å². The van der Waals surface area contributed by atoms with Crippen molar-refractivity contribution < 1.29 is 12.8 Å². The molecular weight excluding hydrogens is 279 g/mol. The molecule has 0 atom stereocenters. The van der Waals surface area contributed by atoms with Gasteiger partial charge in [-0.1, -0.05) is 12.1 Å². The van der Waals surface area contributed by atoms with Crippen molar-refractivity contribution in [1.29, 1.82) is 0 Å². The van der Waals surface area contributed by atoms with Crippen LogP contribution < -0.4 is 10.5 Å². The molecule has 0 heterocycles. The first-order chi connectivity index (χ1) is 9.29. The van der Waals surface area contributed by atoms with Crippen molar-refractivity contribution in [3.05, 3.63) is 53.3 Å². The molecule has 0 aliphatic heterocycles. The fraction of sp³-hybridized carbons (Fsp3) is 0.143. The highest BCUT2D eigenvalue weighted by molar-refractivity contribution is 7.92. The molecule has 3 N–H and O–H groups in total. The summed E-state index contributed by atoms with van der Waals surface area (Å²) in [7, 11) is -3.98. The maximum absolute atomic E-state index is 13.7. The van der Waals surface area contributed by atoms with Crippen molar-refractivity contribution in [3.8, 4) is 0 Å². The lowest BCUT2D eigenvalue weighted by atomic mass is 10.1. The summed E-state index contributed by atoms with van der Waals surface area (Å²) < 4.78 is 40.5. The van der Waals surface area contributed by atoms with Crippen LogP contribution in [0.1, 0.15) is 11.1 Å². The summed E-state index contributed by atoms with van der Waals surface area (Å²) in [5.41, 5.74) is 7.69. The lowest BCUT2D eigenvalue weighted by molar-refractivity contribution is 0.571. The first-order valence-electron chi connectivity index (χ1n) is 5.95. The molecule has 0 aliphatic carbocycles. The normalized spacial score (nSPS) is 11.3. The van der Waals surface area contributed by atoms with Crippen LogP contribution in [-0.4, -0.2) is 8.42 Å². The minimum absolute atomic E-state index is 0.174. The molecule has 0 aromatic heterocycles. The molecule has 0 fully saturated rings. The van der Waals surface area contributed by atoms with Crippen LogP contribution in [0, 0.1) is 19.7 Å². The van der Waals surface area contributed by atoms with Gasteiger partial charge >= 0.3 is 0 Å². The molecule has 0 radical (unpaired) electrons. The van der Waals surface area contributed by atoms with Crippen LogP contribution in [0.25, 0.3) is 0 Å². The Balaban J connectivity index is 2.43. The zero-order valence-corrected chi connectivity index (χ0v) is 12.0. The van der Waals surface area contributed by atoms with E-state index in [-0.39, 0.29) is 5.69 Å². The van der Waals surface area contributed by atoms with Crippen LogP contribution in [0.5, 0.6) is 0 Å². The third-order valence-corrected chi connectivity index (χ3v) is 4.28. The average Bonchev–Trinajstić information content (AvgIpc) is 2.33. The smallest absolute Gasteiger partial charge is 0.264 e. The summed E-state index contributed by atoms with van der Waals surface area (Å²) in [6, 6.07) is 8.85. The molecule has 6 heteroatoms. The van der Waals surface area contributed by atoms with E-state index in [0.29, 0.717) is 5.69 Å². The number of hydrogen-bond acceptors (Lipinski definition) is 3. The summed E-state index contributed by atoms with van der Waals surface area (Å²) in [6.07, 6.45) is 0. The van der Waals surface area contributed by atoms with Gasteiger partial charge in [0.2, 0.25) is 0 Å². The Kier molecular flexibility index (Phi) is 3.67. The number of anilines is 2. The standard InChI is InChI=1S/C14H15FN2O2S/c1-9-3-4-10(2)13(7-9)17-20(18,19)14-6-5-11(16)8-12(14)15/h3-8,17H,16H2,1-2H3. The van der Waals surface area contributed by atoms with Gasteiger partial charge in [-0.15, -0.1) is 0 Å². The molecule has 0 bridgehead atoms. The van der Waals surface area contributed by atoms with Crippen molar-refractivity contribution in [3.63, 3.8) is 0 Å². The number of halogens is 1. The fourth-order valence-corrected chi connectivity index (χ4v) is 2.96. The van der Waals surface area contributed by atoms with Crippen LogP contribution in [0.15, 0.2) is 41.3 Å². The summed E-state index contributed by atoms with van der Waals surface area (Å²) in [4.78, 5) is -0.424. The van der Waals surface area contributed by atoms with Crippen LogP contribution in [-0.2, 0) is 10.0 Å². The zero-order chi connectivity index (χ0) is 14.9. The first kappa shape index (κ1) is 14.3. The van der Waals surface area contributed by atoms with Gasteiger partial charge < -0.3 is 5.73 Å². The number of hydrogen-bond donors (Lipinski definition) is 2. The first-order valence-corrected chi connectivity index (χ1v) is 7.43. The van der Waals surface area contributed by atoms with E-state index in [0.717, 1.165) is 23.3 Å². The van der Waals surface area contributed by atoms with Crippen molar-refractivity contribution in [2.75, 3.05) is 10.5 Å². The van der Waals surface area contributed by atoms with Crippen molar-refractivity contribution >= 4 is 21.4 Å². The number of nitrogens with two attached hydrogens (primary N) is 1. The summed E-state index contributed by atoms with van der Waals surface area (Å²) >= 11 is 0. The number of nitrogens with one attached hydrogen (secondary N) is 1. The van der Waals surface area contributed by atoms with Crippen molar-refractivity contribution in [2.24, 2.45) is 0 Å². The molecule has 106 valence electrons. The van der Waals surface area contributed by atoms with Crippen LogP contribution in [0.3, 0.4) is 0 Å². The van der Waals surface area contributed by atoms with E-state index < -0.39 is 20.7 Å². The van der Waals surface area contributed by atoms with E-state index in [2.05, 4.69) is 4.72 Å². The van der Waals surface area contributed by atoms with E-state index in [1.807, 2.05) is 13.0 Å². The molecular formula is C14H15FN2O2S. The predicted octanol–water partition coefficient (Wildman–Crippen LogP) is 2.83. The Morgan fingerprint density at radius 2 is 1.80 bits per heavy atom. The van der Waals surface area contributed by atoms with E-state index in [4.69, 9.17) is 5.73 Å². The van der Waals surface area contributed by atoms with Gasteiger partial charge in [-0.05, 0) is 49.2 Å². The summed E-state index contributed by atoms with van der Waals surface area (Å²) in [5, 5.41) is 0. The third-order valence-electron chi connectivity index (χ3n) is 2.88. The number of aryl methyl sites for hydroxylation is 2. The molecule has 2 rings (SSSR count). The quantitative estimate of drug-likeness (QED) is 0.855. The number of rotatable bonds is 3. The van der Waals surface area contributed by atoms with E-state index in [1.54, 1.807) is 19.1 Å². The van der Waals surface area contributed by atoms with E-state index in [9.17, 15) is 12.8 Å². The lowest BCUT2D eigenvalue weighted by Gasteiger charge is -2.12. The minimum atomic E-state index is -3.98. The highest BCUT2D eigenvalue weighted by Gasteiger charge is 2.20. The van der Waals surface area contributed by atoms with Gasteiger partial charge in [0.1, 0.15) is 10.7 Å². The monoisotopic (exact) mass is 294 g/mol. The Labute approximate surface area is 117 Å². The van der Waals surface area contributed by atoms with Gasteiger partial charge in [0.05, 0.1) is 5.69 Å². The lowest BCUT2D eigenvalue weighted by Crippen LogP contribution is -2.15. The zero-order valence-electron chi connectivity index (χ0n) is 11.1. The SMILES string of the molecule is Cc1ccc(C)c(NS(=O)(=O)c2ccc(N)cc2F)c1. The minimum Gasteiger partial charge on any atom is -0.399 e. The highest BCUT2D eigenvalue weighted by atomic mass is 32.2. The molecule has 2 aromatic rings.